The zero-order valence-electron chi connectivity index (χ0n) is 13.8. The number of aromatic nitrogens is 3. The van der Waals surface area contributed by atoms with E-state index in [9.17, 15) is 21.6 Å². The summed E-state index contributed by atoms with van der Waals surface area (Å²) in [4.78, 5) is 3.55. The molecule has 0 bridgehead atoms. The van der Waals surface area contributed by atoms with Crippen molar-refractivity contribution in [1.82, 2.24) is 14.8 Å². The first-order valence-corrected chi connectivity index (χ1v) is 9.36. The monoisotopic (exact) mass is 381 g/mol. The van der Waals surface area contributed by atoms with Gasteiger partial charge in [0.15, 0.2) is 9.84 Å². The summed E-state index contributed by atoms with van der Waals surface area (Å²) >= 11 is 0. The molecule has 0 radical (unpaired) electrons. The minimum absolute atomic E-state index is 0.201. The Labute approximate surface area is 148 Å². The largest absolute Gasteiger partial charge is 0.282 e. The highest BCUT2D eigenvalue weighted by atomic mass is 32.2. The molecule has 3 rings (SSSR count). The van der Waals surface area contributed by atoms with E-state index >= 15 is 0 Å². The van der Waals surface area contributed by atoms with E-state index in [1.807, 2.05) is 0 Å². The molecule has 2 heterocycles. The summed E-state index contributed by atoms with van der Waals surface area (Å²) < 4.78 is 64.8. The van der Waals surface area contributed by atoms with Crippen LogP contribution in [0.25, 0.3) is 16.9 Å². The van der Waals surface area contributed by atoms with Crippen LogP contribution < -0.4 is 0 Å². The van der Waals surface area contributed by atoms with E-state index < -0.39 is 32.7 Å². The fourth-order valence-electron chi connectivity index (χ4n) is 2.52. The summed E-state index contributed by atoms with van der Waals surface area (Å²) in [6.07, 6.45) is 1.12. The fraction of sp³-hybridized carbons (Fsp3) is 0.176. The summed E-state index contributed by atoms with van der Waals surface area (Å²) in [7, 11) is -3.74. The molecule has 0 spiro atoms. The summed E-state index contributed by atoms with van der Waals surface area (Å²) in [5.74, 6) is -0.960. The third-order valence-corrected chi connectivity index (χ3v) is 4.81. The van der Waals surface area contributed by atoms with E-state index in [0.29, 0.717) is 5.69 Å². The van der Waals surface area contributed by atoms with Crippen LogP contribution in [-0.4, -0.2) is 29.4 Å². The van der Waals surface area contributed by atoms with Gasteiger partial charge in [0.2, 0.25) is 0 Å². The molecule has 1 aromatic carbocycles. The number of hydrogen-bond acceptors (Lipinski definition) is 4. The first kappa shape index (κ1) is 18.1. The Morgan fingerprint density at radius 2 is 1.85 bits per heavy atom. The lowest BCUT2D eigenvalue weighted by Crippen LogP contribution is -2.03. The molecule has 0 aliphatic heterocycles. The molecule has 3 aromatic rings. The minimum atomic E-state index is -3.74. The van der Waals surface area contributed by atoms with Crippen molar-refractivity contribution in [2.24, 2.45) is 0 Å². The Kier molecular flexibility index (Phi) is 4.57. The Morgan fingerprint density at radius 1 is 1.12 bits per heavy atom. The predicted molar refractivity (Wildman–Crippen MR) is 89.6 cm³/mol. The van der Waals surface area contributed by atoms with Crippen molar-refractivity contribution in [2.75, 3.05) is 6.26 Å². The van der Waals surface area contributed by atoms with Gasteiger partial charge in [0.05, 0.1) is 17.6 Å². The molecule has 2 aromatic heterocycles. The maximum absolute atomic E-state index is 14.2. The number of alkyl halides is 2. The van der Waals surface area contributed by atoms with Crippen molar-refractivity contribution in [2.45, 2.75) is 18.2 Å². The number of nitrogens with zero attached hydrogens (tertiary/aromatic N) is 3. The van der Waals surface area contributed by atoms with Gasteiger partial charge in [-0.25, -0.2) is 26.3 Å². The molecule has 136 valence electrons. The smallest absolute Gasteiger partial charge is 0.262 e. The maximum Gasteiger partial charge on any atom is 0.282 e. The predicted octanol–water partition coefficient (Wildman–Crippen LogP) is 3.72. The second-order valence-corrected chi connectivity index (χ2v) is 7.79. The minimum Gasteiger partial charge on any atom is -0.262 e. The molecule has 5 nitrogen and oxygen atoms in total. The Bertz CT molecular complexity index is 1080. The van der Waals surface area contributed by atoms with Crippen molar-refractivity contribution >= 4 is 9.84 Å². The zero-order chi connectivity index (χ0) is 19.1. The molecule has 0 atom stereocenters. The van der Waals surface area contributed by atoms with Gasteiger partial charge in [-0.3, -0.25) is 4.98 Å². The van der Waals surface area contributed by atoms with Crippen LogP contribution in [0.1, 0.15) is 17.7 Å². The van der Waals surface area contributed by atoms with Crippen LogP contribution >= 0.6 is 0 Å². The molecule has 0 unspecified atom stereocenters. The molecular formula is C17H14F3N3O2S. The van der Waals surface area contributed by atoms with Crippen LogP contribution in [0, 0.1) is 12.7 Å². The highest BCUT2D eigenvalue weighted by Gasteiger charge is 2.20. The highest BCUT2D eigenvalue weighted by Crippen LogP contribution is 2.30. The van der Waals surface area contributed by atoms with Crippen LogP contribution in [0.15, 0.2) is 47.6 Å². The van der Waals surface area contributed by atoms with Crippen molar-refractivity contribution in [3.8, 4) is 16.9 Å². The third-order valence-electron chi connectivity index (χ3n) is 3.68. The maximum atomic E-state index is 14.2. The summed E-state index contributed by atoms with van der Waals surface area (Å²) in [5.41, 5.74) is 1.16. The number of rotatable bonds is 4. The van der Waals surface area contributed by atoms with E-state index in [2.05, 4.69) is 10.1 Å². The fourth-order valence-corrected chi connectivity index (χ4v) is 3.25. The van der Waals surface area contributed by atoms with Crippen LogP contribution in [0.4, 0.5) is 13.2 Å². The molecule has 0 aliphatic carbocycles. The van der Waals surface area contributed by atoms with Crippen molar-refractivity contribution < 1.29 is 21.6 Å². The number of halogens is 3. The Balaban J connectivity index is 2.20. The quantitative estimate of drug-likeness (QED) is 0.691. The van der Waals surface area contributed by atoms with Crippen LogP contribution in [0.2, 0.25) is 0 Å². The van der Waals surface area contributed by atoms with Gasteiger partial charge >= 0.3 is 0 Å². The van der Waals surface area contributed by atoms with E-state index in [4.69, 9.17) is 0 Å². The van der Waals surface area contributed by atoms with Gasteiger partial charge in [0, 0.05) is 18.0 Å². The highest BCUT2D eigenvalue weighted by molar-refractivity contribution is 7.90. The summed E-state index contributed by atoms with van der Waals surface area (Å²) in [6, 6.07) is 6.28. The Hall–Kier alpha value is -2.68. The van der Waals surface area contributed by atoms with E-state index in [0.717, 1.165) is 30.0 Å². The van der Waals surface area contributed by atoms with Crippen molar-refractivity contribution in [3.05, 3.63) is 59.8 Å². The van der Waals surface area contributed by atoms with Gasteiger partial charge < -0.3 is 0 Å². The van der Waals surface area contributed by atoms with Gasteiger partial charge in [0.25, 0.3) is 6.43 Å². The normalized spacial score (nSPS) is 11.9. The third kappa shape index (κ3) is 3.48. The SMILES string of the molecule is Cc1cncc(-n2nc(C(F)F)cc2-c2ccc(S(C)(=O)=O)c(F)c2)c1. The van der Waals surface area contributed by atoms with Gasteiger partial charge in [0.1, 0.15) is 16.4 Å². The number of aryl methyl sites for hydroxylation is 1. The van der Waals surface area contributed by atoms with E-state index in [1.165, 1.54) is 16.9 Å². The zero-order valence-corrected chi connectivity index (χ0v) is 14.6. The van der Waals surface area contributed by atoms with Crippen molar-refractivity contribution in [1.29, 1.82) is 0 Å². The van der Waals surface area contributed by atoms with Crippen molar-refractivity contribution in [3.63, 3.8) is 0 Å². The summed E-state index contributed by atoms with van der Waals surface area (Å²) in [5, 5.41) is 3.88. The number of pyridine rings is 1. The van der Waals surface area contributed by atoms with Crippen LogP contribution in [0.5, 0.6) is 0 Å². The van der Waals surface area contributed by atoms with Gasteiger partial charge in [-0.2, -0.15) is 5.10 Å². The molecule has 0 amide bonds. The first-order chi connectivity index (χ1) is 12.2. The molecule has 0 N–H and O–H groups in total. The first-order valence-electron chi connectivity index (χ1n) is 7.47. The second kappa shape index (κ2) is 6.56. The lowest BCUT2D eigenvalue weighted by molar-refractivity contribution is 0.145. The van der Waals surface area contributed by atoms with Gasteiger partial charge in [-0.1, -0.05) is 6.07 Å². The van der Waals surface area contributed by atoms with E-state index in [1.54, 1.807) is 19.2 Å². The standard InChI is InChI=1S/C17H14F3N3O2S/c1-10-5-12(9-21-8-10)23-15(7-14(22-23)17(19)20)11-3-4-16(13(18)6-11)26(2,24)25/h3-9,17H,1-2H3. The second-order valence-electron chi connectivity index (χ2n) is 5.80. The van der Waals surface area contributed by atoms with Crippen LogP contribution in [-0.2, 0) is 9.84 Å². The molecule has 0 fully saturated rings. The van der Waals surface area contributed by atoms with Crippen LogP contribution in [0.3, 0.4) is 0 Å². The summed E-state index contributed by atoms with van der Waals surface area (Å²) in [6.45, 7) is 1.79. The lowest BCUT2D eigenvalue weighted by atomic mass is 10.1. The average molecular weight is 381 g/mol. The topological polar surface area (TPSA) is 64.8 Å². The molecule has 0 saturated heterocycles. The molecule has 26 heavy (non-hydrogen) atoms. The number of benzene rings is 1. The molecular weight excluding hydrogens is 367 g/mol. The number of sulfone groups is 1. The lowest BCUT2D eigenvalue weighted by Gasteiger charge is -2.09. The van der Waals surface area contributed by atoms with Gasteiger partial charge in [-0.05, 0) is 36.8 Å². The molecule has 0 saturated carbocycles. The Morgan fingerprint density at radius 3 is 2.42 bits per heavy atom. The molecule has 9 heteroatoms. The van der Waals surface area contributed by atoms with E-state index in [-0.39, 0.29) is 11.3 Å². The van der Waals surface area contributed by atoms with Gasteiger partial charge in [-0.15, -0.1) is 0 Å². The molecule has 0 aliphatic rings. The number of hydrogen-bond donors (Lipinski definition) is 0. The average Bonchev–Trinajstić information content (AvgIpc) is 2.99.